The highest BCUT2D eigenvalue weighted by Crippen LogP contribution is 2.24. The Morgan fingerprint density at radius 3 is 2.52 bits per heavy atom. The lowest BCUT2D eigenvalue weighted by Gasteiger charge is -2.31. The summed E-state index contributed by atoms with van der Waals surface area (Å²) in [6, 6.07) is 10.7. The molecule has 1 aliphatic heterocycles. The first-order valence-corrected chi connectivity index (χ1v) is 10.9. The number of nitrogens with zero attached hydrogens (tertiary/aromatic N) is 2. The molecule has 1 aromatic carbocycles. The molecule has 3 rings (SSSR count). The lowest BCUT2D eigenvalue weighted by Crippen LogP contribution is -2.49. The number of anilines is 1. The highest BCUT2D eigenvalue weighted by atomic mass is 32.2. The molecule has 1 fully saturated rings. The Labute approximate surface area is 170 Å². The second-order valence-electron chi connectivity index (χ2n) is 6.97. The highest BCUT2D eigenvalue weighted by Gasteiger charge is 2.34. The van der Waals surface area contributed by atoms with E-state index < -0.39 is 22.0 Å². The van der Waals surface area contributed by atoms with Gasteiger partial charge in [0.15, 0.2) is 0 Å². The van der Waals surface area contributed by atoms with Crippen LogP contribution in [0, 0.1) is 5.92 Å². The van der Waals surface area contributed by atoms with E-state index in [1.165, 1.54) is 4.31 Å². The van der Waals surface area contributed by atoms with Crippen molar-refractivity contribution in [3.8, 4) is 0 Å². The van der Waals surface area contributed by atoms with Gasteiger partial charge in [-0.05, 0) is 44.0 Å². The molecule has 1 unspecified atom stereocenters. The van der Waals surface area contributed by atoms with Crippen molar-refractivity contribution in [3.05, 3.63) is 54.9 Å². The number of pyridine rings is 1. The first-order chi connectivity index (χ1) is 13.9. The normalized spacial score (nSPS) is 18.6. The molecule has 1 aliphatic rings. The molecule has 2 heterocycles. The van der Waals surface area contributed by atoms with E-state index in [2.05, 4.69) is 15.6 Å². The van der Waals surface area contributed by atoms with E-state index in [-0.39, 0.29) is 23.3 Å². The number of amides is 2. The summed E-state index contributed by atoms with van der Waals surface area (Å²) in [7, 11) is -3.65. The first kappa shape index (κ1) is 20.9. The number of carbonyl (C=O) groups is 2. The summed E-state index contributed by atoms with van der Waals surface area (Å²) in [5.74, 6) is -1.18. The van der Waals surface area contributed by atoms with Crippen molar-refractivity contribution in [1.29, 1.82) is 0 Å². The lowest BCUT2D eigenvalue weighted by molar-refractivity contribution is -0.129. The standard InChI is InChI=1S/C20H24N4O4S/c1-15(19(25)23-17-9-11-21-12-10-17)22-20(26)16-6-5-13-24(14-16)29(27,28)18-7-3-2-4-8-18/h2-4,7-12,15-16H,5-6,13-14H2,1H3,(H,22,26)(H,21,23,25)/t15-,16?/m0/s1. The van der Waals surface area contributed by atoms with Crippen LogP contribution in [0.1, 0.15) is 19.8 Å². The molecular weight excluding hydrogens is 392 g/mol. The van der Waals surface area contributed by atoms with Gasteiger partial charge in [-0.3, -0.25) is 14.6 Å². The third kappa shape index (κ3) is 5.18. The van der Waals surface area contributed by atoms with Crippen LogP contribution >= 0.6 is 0 Å². The van der Waals surface area contributed by atoms with Crippen LogP contribution in [0.15, 0.2) is 59.8 Å². The van der Waals surface area contributed by atoms with Crippen LogP contribution in [0.3, 0.4) is 0 Å². The van der Waals surface area contributed by atoms with E-state index in [1.807, 2.05) is 0 Å². The second-order valence-corrected chi connectivity index (χ2v) is 8.91. The van der Waals surface area contributed by atoms with Gasteiger partial charge in [0.05, 0.1) is 10.8 Å². The second kappa shape index (κ2) is 9.15. The molecule has 2 atom stereocenters. The summed E-state index contributed by atoms with van der Waals surface area (Å²) in [5, 5.41) is 5.40. The zero-order valence-electron chi connectivity index (χ0n) is 16.1. The zero-order valence-corrected chi connectivity index (χ0v) is 16.9. The van der Waals surface area contributed by atoms with Crippen molar-refractivity contribution >= 4 is 27.5 Å². The third-order valence-electron chi connectivity index (χ3n) is 4.84. The minimum Gasteiger partial charge on any atom is -0.344 e. The van der Waals surface area contributed by atoms with E-state index in [1.54, 1.807) is 61.8 Å². The average molecular weight is 417 g/mol. The molecule has 2 aromatic rings. The number of carbonyl (C=O) groups excluding carboxylic acids is 2. The van der Waals surface area contributed by atoms with E-state index >= 15 is 0 Å². The van der Waals surface area contributed by atoms with Crippen LogP contribution in [-0.4, -0.2) is 48.7 Å². The van der Waals surface area contributed by atoms with Gasteiger partial charge in [0.25, 0.3) is 0 Å². The predicted octanol–water partition coefficient (Wildman–Crippen LogP) is 1.63. The highest BCUT2D eigenvalue weighted by molar-refractivity contribution is 7.89. The topological polar surface area (TPSA) is 108 Å². The summed E-state index contributed by atoms with van der Waals surface area (Å²) >= 11 is 0. The van der Waals surface area contributed by atoms with Crippen molar-refractivity contribution in [2.24, 2.45) is 5.92 Å². The van der Waals surface area contributed by atoms with Crippen LogP contribution in [0.5, 0.6) is 0 Å². The van der Waals surface area contributed by atoms with Crippen molar-refractivity contribution in [2.75, 3.05) is 18.4 Å². The summed E-state index contributed by atoms with van der Waals surface area (Å²) < 4.78 is 27.0. The maximum absolute atomic E-state index is 12.8. The van der Waals surface area contributed by atoms with Gasteiger partial charge in [-0.25, -0.2) is 8.42 Å². The third-order valence-corrected chi connectivity index (χ3v) is 6.72. The Bertz CT molecular complexity index is 951. The van der Waals surface area contributed by atoms with Crippen LogP contribution in [0.25, 0.3) is 0 Å². The fraction of sp³-hybridized carbons (Fsp3) is 0.350. The Balaban J connectivity index is 1.60. The molecule has 2 N–H and O–H groups in total. The zero-order chi connectivity index (χ0) is 20.9. The number of nitrogens with one attached hydrogen (secondary N) is 2. The molecule has 1 saturated heterocycles. The quantitative estimate of drug-likeness (QED) is 0.744. The molecule has 2 amide bonds. The number of hydrogen-bond acceptors (Lipinski definition) is 5. The van der Waals surface area contributed by atoms with Gasteiger partial charge in [0.1, 0.15) is 6.04 Å². The van der Waals surface area contributed by atoms with Crippen LogP contribution in [-0.2, 0) is 19.6 Å². The molecule has 0 spiro atoms. The number of hydrogen-bond donors (Lipinski definition) is 2. The maximum Gasteiger partial charge on any atom is 0.246 e. The van der Waals surface area contributed by atoms with Crippen molar-refractivity contribution in [3.63, 3.8) is 0 Å². The molecule has 0 radical (unpaired) electrons. The average Bonchev–Trinajstić information content (AvgIpc) is 2.75. The molecule has 29 heavy (non-hydrogen) atoms. The summed E-state index contributed by atoms with van der Waals surface area (Å²) in [5.41, 5.74) is 0.587. The van der Waals surface area contributed by atoms with E-state index in [0.717, 1.165) is 0 Å². The number of benzene rings is 1. The van der Waals surface area contributed by atoms with Gasteiger partial charge in [-0.15, -0.1) is 0 Å². The van der Waals surface area contributed by atoms with Crippen LogP contribution in [0.2, 0.25) is 0 Å². The minimum absolute atomic E-state index is 0.0990. The van der Waals surface area contributed by atoms with Gasteiger partial charge < -0.3 is 10.6 Å². The molecule has 0 aliphatic carbocycles. The molecular formula is C20H24N4O4S. The number of rotatable bonds is 6. The van der Waals surface area contributed by atoms with Gasteiger partial charge >= 0.3 is 0 Å². The van der Waals surface area contributed by atoms with Crippen molar-refractivity contribution < 1.29 is 18.0 Å². The summed E-state index contributed by atoms with van der Waals surface area (Å²) in [4.78, 5) is 29.0. The number of piperidine rings is 1. The van der Waals surface area contributed by atoms with Gasteiger partial charge in [0.2, 0.25) is 21.8 Å². The Morgan fingerprint density at radius 2 is 1.83 bits per heavy atom. The fourth-order valence-corrected chi connectivity index (χ4v) is 4.74. The van der Waals surface area contributed by atoms with E-state index in [0.29, 0.717) is 25.1 Å². The Hall–Kier alpha value is -2.78. The molecule has 1 aromatic heterocycles. The van der Waals surface area contributed by atoms with E-state index in [9.17, 15) is 18.0 Å². The Kier molecular flexibility index (Phi) is 6.60. The molecule has 0 bridgehead atoms. The maximum atomic E-state index is 12.8. The van der Waals surface area contributed by atoms with Gasteiger partial charge in [0, 0.05) is 31.2 Å². The molecule has 154 valence electrons. The fourth-order valence-electron chi connectivity index (χ4n) is 3.20. The van der Waals surface area contributed by atoms with Gasteiger partial charge in [-0.1, -0.05) is 18.2 Å². The predicted molar refractivity (Wildman–Crippen MR) is 108 cm³/mol. The molecule has 9 heteroatoms. The summed E-state index contributed by atoms with van der Waals surface area (Å²) in [6.07, 6.45) is 4.28. The van der Waals surface area contributed by atoms with Crippen LogP contribution < -0.4 is 10.6 Å². The largest absolute Gasteiger partial charge is 0.344 e. The Morgan fingerprint density at radius 1 is 1.14 bits per heavy atom. The van der Waals surface area contributed by atoms with Crippen molar-refractivity contribution in [1.82, 2.24) is 14.6 Å². The first-order valence-electron chi connectivity index (χ1n) is 9.44. The lowest BCUT2D eigenvalue weighted by atomic mass is 9.98. The SMILES string of the molecule is C[C@H](NC(=O)C1CCCN(S(=O)(=O)c2ccccc2)C1)C(=O)Nc1ccncc1. The van der Waals surface area contributed by atoms with E-state index in [4.69, 9.17) is 0 Å². The van der Waals surface area contributed by atoms with Crippen molar-refractivity contribution in [2.45, 2.75) is 30.7 Å². The smallest absolute Gasteiger partial charge is 0.246 e. The number of sulfonamides is 1. The van der Waals surface area contributed by atoms with Crippen LogP contribution in [0.4, 0.5) is 5.69 Å². The summed E-state index contributed by atoms with van der Waals surface area (Å²) in [6.45, 7) is 2.07. The monoisotopic (exact) mass is 416 g/mol. The minimum atomic E-state index is -3.65. The van der Waals surface area contributed by atoms with Gasteiger partial charge in [-0.2, -0.15) is 4.31 Å². The molecule has 0 saturated carbocycles. The number of aromatic nitrogens is 1. The molecule has 8 nitrogen and oxygen atoms in total.